The summed E-state index contributed by atoms with van der Waals surface area (Å²) in [5.41, 5.74) is 4.01. The lowest BCUT2D eigenvalue weighted by molar-refractivity contribution is 1.15. The molecule has 0 aliphatic rings. The van der Waals surface area contributed by atoms with Crippen LogP contribution >= 0.6 is 0 Å². The second-order valence-corrected chi connectivity index (χ2v) is 4.19. The van der Waals surface area contributed by atoms with Gasteiger partial charge in [-0.15, -0.1) is 0 Å². The molecule has 0 saturated heterocycles. The van der Waals surface area contributed by atoms with Gasteiger partial charge < -0.3 is 0 Å². The van der Waals surface area contributed by atoms with Crippen molar-refractivity contribution in [2.75, 3.05) is 0 Å². The fraction of sp³-hybridized carbons (Fsp3) is 0.0588. The Balaban J connectivity index is 2.44. The molecule has 0 saturated carbocycles. The molecule has 19 heavy (non-hydrogen) atoms. The summed E-state index contributed by atoms with van der Waals surface area (Å²) < 4.78 is 0. The first-order chi connectivity index (χ1) is 9.24. The molecule has 0 spiro atoms. The van der Waals surface area contributed by atoms with Crippen molar-refractivity contribution in [3.05, 3.63) is 79.2 Å². The lowest BCUT2D eigenvalue weighted by Crippen LogP contribution is -1.93. The van der Waals surface area contributed by atoms with Crippen LogP contribution in [0.5, 0.6) is 0 Å². The molecular formula is C17H16N2. The van der Waals surface area contributed by atoms with Gasteiger partial charge in [0.25, 0.3) is 0 Å². The zero-order valence-electron chi connectivity index (χ0n) is 11.0. The molecule has 0 bridgehead atoms. The molecule has 0 amide bonds. The number of nitrogens with zero attached hydrogens (tertiary/aromatic N) is 2. The second kappa shape index (κ2) is 5.91. The van der Waals surface area contributed by atoms with E-state index in [0.29, 0.717) is 5.82 Å². The van der Waals surface area contributed by atoms with E-state index in [2.05, 4.69) is 42.2 Å². The summed E-state index contributed by atoms with van der Waals surface area (Å²) in [6.07, 6.45) is 7.14. The third-order valence-corrected chi connectivity index (χ3v) is 2.78. The second-order valence-electron chi connectivity index (χ2n) is 4.19. The molecule has 0 N–H and O–H groups in total. The van der Waals surface area contributed by atoms with Crippen molar-refractivity contribution in [2.45, 2.75) is 6.92 Å². The van der Waals surface area contributed by atoms with Gasteiger partial charge in [0, 0.05) is 11.8 Å². The lowest BCUT2D eigenvalue weighted by Gasteiger charge is -2.04. The number of hydrogen-bond donors (Lipinski definition) is 0. The van der Waals surface area contributed by atoms with Crippen molar-refractivity contribution in [2.24, 2.45) is 0 Å². The van der Waals surface area contributed by atoms with Crippen LogP contribution < -0.4 is 0 Å². The molecule has 1 aromatic heterocycles. The van der Waals surface area contributed by atoms with E-state index >= 15 is 0 Å². The number of aryl methyl sites for hydroxylation is 1. The van der Waals surface area contributed by atoms with Crippen molar-refractivity contribution in [3.8, 4) is 11.4 Å². The molecule has 94 valence electrons. The summed E-state index contributed by atoms with van der Waals surface area (Å²) in [6, 6.07) is 10.0. The van der Waals surface area contributed by atoms with E-state index in [9.17, 15) is 0 Å². The highest BCUT2D eigenvalue weighted by Crippen LogP contribution is 2.19. The Kier molecular flexibility index (Phi) is 4.04. The van der Waals surface area contributed by atoms with E-state index in [1.54, 1.807) is 18.3 Å². The summed E-state index contributed by atoms with van der Waals surface area (Å²) >= 11 is 0. The first-order valence-corrected chi connectivity index (χ1v) is 6.10. The van der Waals surface area contributed by atoms with Gasteiger partial charge in [-0.05, 0) is 18.6 Å². The molecule has 2 nitrogen and oxygen atoms in total. The Bertz CT molecular complexity index is 622. The Labute approximate surface area is 113 Å². The predicted octanol–water partition coefficient (Wildman–Crippen LogP) is 4.21. The maximum absolute atomic E-state index is 4.56. The largest absolute Gasteiger partial charge is 0.237 e. The highest BCUT2D eigenvalue weighted by atomic mass is 14.9. The zero-order valence-corrected chi connectivity index (χ0v) is 11.0. The quantitative estimate of drug-likeness (QED) is 0.757. The number of allylic oxidation sites excluding steroid dienone is 4. The maximum Gasteiger partial charge on any atom is 0.159 e. The number of aromatic nitrogens is 2. The normalized spacial score (nSPS) is 11.1. The van der Waals surface area contributed by atoms with Crippen LogP contribution in [0.25, 0.3) is 17.0 Å². The number of hydrogen-bond acceptors (Lipinski definition) is 2. The minimum atomic E-state index is 0.717. The Morgan fingerprint density at radius 1 is 1.11 bits per heavy atom. The first-order valence-electron chi connectivity index (χ1n) is 6.10. The van der Waals surface area contributed by atoms with Crippen LogP contribution in [0.2, 0.25) is 0 Å². The van der Waals surface area contributed by atoms with Crippen LogP contribution in [0.15, 0.2) is 67.9 Å². The fourth-order valence-electron chi connectivity index (χ4n) is 1.75. The van der Waals surface area contributed by atoms with Crippen LogP contribution in [0.4, 0.5) is 0 Å². The van der Waals surface area contributed by atoms with E-state index in [1.807, 2.05) is 24.3 Å². The summed E-state index contributed by atoms with van der Waals surface area (Å²) in [5.74, 6) is 0.717. The molecule has 0 unspecified atom stereocenters. The molecule has 0 aliphatic carbocycles. The van der Waals surface area contributed by atoms with E-state index in [1.165, 1.54) is 5.56 Å². The first kappa shape index (κ1) is 13.0. The topological polar surface area (TPSA) is 25.8 Å². The molecule has 0 aliphatic heterocycles. The minimum Gasteiger partial charge on any atom is -0.237 e. The summed E-state index contributed by atoms with van der Waals surface area (Å²) in [5, 5.41) is 0. The maximum atomic E-state index is 4.56. The molecule has 1 aromatic carbocycles. The third-order valence-electron chi connectivity index (χ3n) is 2.78. The SMILES string of the molecule is C=C/C=C(\C=C)c1ccnc(-c2ccc(C)cc2)n1. The highest BCUT2D eigenvalue weighted by Gasteiger charge is 2.04. The standard InChI is InChI=1S/C17H16N2/c1-4-6-14(5-2)16-11-12-18-17(19-16)15-9-7-13(3)8-10-15/h4-12H,1-2H2,3H3/b14-6+. The fourth-order valence-corrected chi connectivity index (χ4v) is 1.75. The molecule has 2 heteroatoms. The van der Waals surface area contributed by atoms with Crippen molar-refractivity contribution in [1.82, 2.24) is 9.97 Å². The molecule has 2 aromatic rings. The summed E-state index contributed by atoms with van der Waals surface area (Å²) in [4.78, 5) is 8.88. The molecule has 0 fully saturated rings. The third kappa shape index (κ3) is 3.05. The zero-order chi connectivity index (χ0) is 13.7. The van der Waals surface area contributed by atoms with Gasteiger partial charge in [0.15, 0.2) is 5.82 Å². The average Bonchev–Trinajstić information content (AvgIpc) is 2.45. The Morgan fingerprint density at radius 2 is 1.84 bits per heavy atom. The summed E-state index contributed by atoms with van der Waals surface area (Å²) in [7, 11) is 0. The van der Waals surface area contributed by atoms with E-state index in [-0.39, 0.29) is 0 Å². The van der Waals surface area contributed by atoms with Crippen LogP contribution in [-0.2, 0) is 0 Å². The van der Waals surface area contributed by atoms with Crippen LogP contribution in [0.1, 0.15) is 11.3 Å². The predicted molar refractivity (Wildman–Crippen MR) is 80.6 cm³/mol. The average molecular weight is 248 g/mol. The van der Waals surface area contributed by atoms with E-state index in [0.717, 1.165) is 16.8 Å². The minimum absolute atomic E-state index is 0.717. The van der Waals surface area contributed by atoms with Crippen molar-refractivity contribution < 1.29 is 0 Å². The van der Waals surface area contributed by atoms with Gasteiger partial charge in [-0.1, -0.05) is 61.2 Å². The Hall–Kier alpha value is -2.48. The van der Waals surface area contributed by atoms with Crippen molar-refractivity contribution in [1.29, 1.82) is 0 Å². The van der Waals surface area contributed by atoms with Gasteiger partial charge in [-0.3, -0.25) is 0 Å². The molecule has 2 rings (SSSR count). The Morgan fingerprint density at radius 3 is 2.47 bits per heavy atom. The number of benzene rings is 1. The van der Waals surface area contributed by atoms with E-state index in [4.69, 9.17) is 0 Å². The highest BCUT2D eigenvalue weighted by molar-refractivity contribution is 5.73. The van der Waals surface area contributed by atoms with Crippen LogP contribution in [0, 0.1) is 6.92 Å². The molecule has 0 atom stereocenters. The van der Waals surface area contributed by atoms with Gasteiger partial charge in [0.1, 0.15) is 0 Å². The smallest absolute Gasteiger partial charge is 0.159 e. The van der Waals surface area contributed by atoms with Crippen molar-refractivity contribution in [3.63, 3.8) is 0 Å². The number of rotatable bonds is 4. The van der Waals surface area contributed by atoms with Gasteiger partial charge in [0.05, 0.1) is 5.69 Å². The lowest BCUT2D eigenvalue weighted by atomic mass is 10.1. The van der Waals surface area contributed by atoms with Gasteiger partial charge in [0.2, 0.25) is 0 Å². The molecular weight excluding hydrogens is 232 g/mol. The van der Waals surface area contributed by atoms with Gasteiger partial charge in [-0.25, -0.2) is 9.97 Å². The molecule has 1 heterocycles. The van der Waals surface area contributed by atoms with Crippen molar-refractivity contribution >= 4 is 5.57 Å². The van der Waals surface area contributed by atoms with Crippen LogP contribution in [-0.4, -0.2) is 9.97 Å². The monoisotopic (exact) mass is 248 g/mol. The van der Waals surface area contributed by atoms with Gasteiger partial charge >= 0.3 is 0 Å². The van der Waals surface area contributed by atoms with Crippen LogP contribution in [0.3, 0.4) is 0 Å². The van der Waals surface area contributed by atoms with Gasteiger partial charge in [-0.2, -0.15) is 0 Å². The van der Waals surface area contributed by atoms with E-state index < -0.39 is 0 Å². The molecule has 0 radical (unpaired) electrons. The summed E-state index contributed by atoms with van der Waals surface area (Å²) in [6.45, 7) is 9.55.